The molecule has 0 spiro atoms. The highest BCUT2D eigenvalue weighted by molar-refractivity contribution is 5.85. The van der Waals surface area contributed by atoms with E-state index < -0.39 is 12.1 Å². The number of likely N-dealkylation sites (tertiary alicyclic amines) is 1. The standard InChI is InChI=1S/C12H13N3O4/c1-2-5-19-12(18)15-6-8(7-15)10-13-4-3-9(14-10)11(16)17/h2-4,8H,1,5-7H2,(H,16,17). The quantitative estimate of drug-likeness (QED) is 0.811. The summed E-state index contributed by atoms with van der Waals surface area (Å²) >= 11 is 0. The molecule has 0 saturated carbocycles. The summed E-state index contributed by atoms with van der Waals surface area (Å²) in [5.41, 5.74) is -0.0438. The van der Waals surface area contributed by atoms with Crippen LogP contribution in [0.3, 0.4) is 0 Å². The summed E-state index contributed by atoms with van der Waals surface area (Å²) in [7, 11) is 0. The largest absolute Gasteiger partial charge is 0.477 e. The van der Waals surface area contributed by atoms with Gasteiger partial charge in [-0.1, -0.05) is 12.7 Å². The predicted octanol–water partition coefficient (Wildman–Crippen LogP) is 0.897. The molecule has 100 valence electrons. The first-order valence-electron chi connectivity index (χ1n) is 5.70. The third kappa shape index (κ3) is 2.87. The molecule has 1 aliphatic heterocycles. The van der Waals surface area contributed by atoms with Gasteiger partial charge >= 0.3 is 12.1 Å². The summed E-state index contributed by atoms with van der Waals surface area (Å²) in [6.45, 7) is 4.48. The molecular weight excluding hydrogens is 250 g/mol. The zero-order valence-corrected chi connectivity index (χ0v) is 10.2. The molecule has 1 fully saturated rings. The molecule has 1 N–H and O–H groups in total. The van der Waals surface area contributed by atoms with Crippen LogP contribution in [0.4, 0.5) is 4.79 Å². The van der Waals surface area contributed by atoms with Crippen molar-refractivity contribution in [3.8, 4) is 0 Å². The maximum absolute atomic E-state index is 11.5. The van der Waals surface area contributed by atoms with Crippen LogP contribution < -0.4 is 0 Å². The van der Waals surface area contributed by atoms with Crippen LogP contribution in [0.5, 0.6) is 0 Å². The lowest BCUT2D eigenvalue weighted by atomic mass is 10.00. The number of amides is 1. The number of carboxylic acids is 1. The topological polar surface area (TPSA) is 92.6 Å². The number of ether oxygens (including phenoxy) is 1. The first-order valence-corrected chi connectivity index (χ1v) is 5.70. The highest BCUT2D eigenvalue weighted by Gasteiger charge is 2.34. The number of aromatic carboxylic acids is 1. The van der Waals surface area contributed by atoms with E-state index in [0.29, 0.717) is 18.9 Å². The van der Waals surface area contributed by atoms with Gasteiger partial charge < -0.3 is 14.7 Å². The number of hydrogen-bond donors (Lipinski definition) is 1. The lowest BCUT2D eigenvalue weighted by Gasteiger charge is -2.37. The van der Waals surface area contributed by atoms with Gasteiger partial charge in [-0.25, -0.2) is 19.6 Å². The zero-order valence-electron chi connectivity index (χ0n) is 10.2. The Balaban J connectivity index is 1.93. The summed E-state index contributed by atoms with van der Waals surface area (Å²) in [5, 5.41) is 8.83. The number of carbonyl (C=O) groups is 2. The van der Waals surface area contributed by atoms with Crippen LogP contribution in [-0.2, 0) is 4.74 Å². The predicted molar refractivity (Wildman–Crippen MR) is 64.9 cm³/mol. The molecule has 1 saturated heterocycles. The van der Waals surface area contributed by atoms with Gasteiger partial charge in [0.2, 0.25) is 0 Å². The van der Waals surface area contributed by atoms with Crippen LogP contribution in [0.2, 0.25) is 0 Å². The summed E-state index contributed by atoms with van der Waals surface area (Å²) in [5.74, 6) is -0.700. The molecule has 0 aliphatic carbocycles. The third-order valence-corrected chi connectivity index (χ3v) is 2.72. The summed E-state index contributed by atoms with van der Waals surface area (Å²) in [6.07, 6.45) is 2.49. The van der Waals surface area contributed by atoms with Crippen molar-refractivity contribution in [2.24, 2.45) is 0 Å². The maximum Gasteiger partial charge on any atom is 0.410 e. The highest BCUT2D eigenvalue weighted by Crippen LogP contribution is 2.24. The average molecular weight is 263 g/mol. The average Bonchev–Trinajstić information content (AvgIpc) is 2.35. The van der Waals surface area contributed by atoms with Gasteiger partial charge in [-0.15, -0.1) is 0 Å². The number of carbonyl (C=O) groups excluding carboxylic acids is 1. The Kier molecular flexibility index (Phi) is 3.74. The summed E-state index contributed by atoms with van der Waals surface area (Å²) < 4.78 is 4.88. The third-order valence-electron chi connectivity index (χ3n) is 2.72. The molecule has 1 aromatic rings. The number of carboxylic acid groups (broad SMARTS) is 1. The minimum atomic E-state index is -1.09. The first-order chi connectivity index (χ1) is 9.11. The SMILES string of the molecule is C=CCOC(=O)N1CC(c2nccc(C(=O)O)n2)C1. The molecule has 1 amide bonds. The fourth-order valence-electron chi connectivity index (χ4n) is 1.70. The van der Waals surface area contributed by atoms with Crippen molar-refractivity contribution in [2.75, 3.05) is 19.7 Å². The van der Waals surface area contributed by atoms with Crippen molar-refractivity contribution in [1.29, 1.82) is 0 Å². The Morgan fingerprint density at radius 3 is 2.95 bits per heavy atom. The van der Waals surface area contributed by atoms with E-state index in [9.17, 15) is 9.59 Å². The molecule has 0 bridgehead atoms. The van der Waals surface area contributed by atoms with Gasteiger partial charge in [0.1, 0.15) is 12.4 Å². The zero-order chi connectivity index (χ0) is 13.8. The molecule has 2 heterocycles. The van der Waals surface area contributed by atoms with Crippen molar-refractivity contribution >= 4 is 12.1 Å². The first kappa shape index (κ1) is 13.0. The van der Waals surface area contributed by atoms with E-state index in [0.717, 1.165) is 0 Å². The van der Waals surface area contributed by atoms with Crippen LogP contribution in [0.15, 0.2) is 24.9 Å². The molecular formula is C12H13N3O4. The van der Waals surface area contributed by atoms with Gasteiger partial charge in [-0.05, 0) is 6.07 Å². The summed E-state index contributed by atoms with van der Waals surface area (Å²) in [6, 6.07) is 1.33. The smallest absolute Gasteiger partial charge is 0.410 e. The second-order valence-corrected chi connectivity index (χ2v) is 4.07. The molecule has 0 atom stereocenters. The lowest BCUT2D eigenvalue weighted by molar-refractivity contribution is 0.0682. The van der Waals surface area contributed by atoms with E-state index in [-0.39, 0.29) is 18.2 Å². The Labute approximate surface area is 109 Å². The van der Waals surface area contributed by atoms with E-state index >= 15 is 0 Å². The minimum Gasteiger partial charge on any atom is -0.477 e. The van der Waals surface area contributed by atoms with Gasteiger partial charge in [0.05, 0.1) is 5.92 Å². The molecule has 2 rings (SSSR count). The van der Waals surface area contributed by atoms with Crippen molar-refractivity contribution < 1.29 is 19.4 Å². The minimum absolute atomic E-state index is 0.0438. The van der Waals surface area contributed by atoms with E-state index in [4.69, 9.17) is 9.84 Å². The van der Waals surface area contributed by atoms with Crippen LogP contribution >= 0.6 is 0 Å². The Bertz CT molecular complexity index is 511. The number of rotatable bonds is 4. The number of nitrogens with zero attached hydrogens (tertiary/aromatic N) is 3. The molecule has 0 radical (unpaired) electrons. The van der Waals surface area contributed by atoms with Gasteiger partial charge in [0.25, 0.3) is 0 Å². The molecule has 0 unspecified atom stereocenters. The van der Waals surface area contributed by atoms with Crippen molar-refractivity contribution in [2.45, 2.75) is 5.92 Å². The maximum atomic E-state index is 11.5. The Morgan fingerprint density at radius 2 is 2.32 bits per heavy atom. The molecule has 7 heteroatoms. The van der Waals surface area contributed by atoms with E-state index in [1.165, 1.54) is 23.2 Å². The van der Waals surface area contributed by atoms with Crippen LogP contribution in [0, 0.1) is 0 Å². The van der Waals surface area contributed by atoms with Gasteiger partial charge in [-0.3, -0.25) is 0 Å². The highest BCUT2D eigenvalue weighted by atomic mass is 16.6. The Morgan fingerprint density at radius 1 is 1.58 bits per heavy atom. The van der Waals surface area contributed by atoms with Gasteiger partial charge in [0, 0.05) is 19.3 Å². The molecule has 0 aromatic carbocycles. The fraction of sp³-hybridized carbons (Fsp3) is 0.333. The van der Waals surface area contributed by atoms with Crippen LogP contribution in [0.25, 0.3) is 0 Å². The molecule has 1 aliphatic rings. The van der Waals surface area contributed by atoms with Crippen molar-refractivity contribution in [3.05, 3.63) is 36.4 Å². The van der Waals surface area contributed by atoms with Crippen LogP contribution in [-0.4, -0.2) is 51.7 Å². The van der Waals surface area contributed by atoms with Crippen molar-refractivity contribution in [1.82, 2.24) is 14.9 Å². The van der Waals surface area contributed by atoms with Gasteiger partial charge in [0.15, 0.2) is 5.69 Å². The second-order valence-electron chi connectivity index (χ2n) is 4.07. The fourth-order valence-corrected chi connectivity index (χ4v) is 1.70. The van der Waals surface area contributed by atoms with Crippen LogP contribution in [0.1, 0.15) is 22.2 Å². The van der Waals surface area contributed by atoms with Gasteiger partial charge in [-0.2, -0.15) is 0 Å². The monoisotopic (exact) mass is 263 g/mol. The van der Waals surface area contributed by atoms with E-state index in [1.807, 2.05) is 0 Å². The normalized spacial score (nSPS) is 14.6. The molecule has 7 nitrogen and oxygen atoms in total. The second kappa shape index (κ2) is 5.47. The van der Waals surface area contributed by atoms with E-state index in [1.54, 1.807) is 0 Å². The van der Waals surface area contributed by atoms with Crippen molar-refractivity contribution in [3.63, 3.8) is 0 Å². The van der Waals surface area contributed by atoms with E-state index in [2.05, 4.69) is 16.5 Å². The lowest BCUT2D eigenvalue weighted by Crippen LogP contribution is -2.49. The number of aromatic nitrogens is 2. The Hall–Kier alpha value is -2.44. The number of hydrogen-bond acceptors (Lipinski definition) is 5. The summed E-state index contributed by atoms with van der Waals surface area (Å²) in [4.78, 5) is 31.7. The molecule has 1 aromatic heterocycles. The molecule has 19 heavy (non-hydrogen) atoms.